The van der Waals surface area contributed by atoms with Crippen LogP contribution in [0.15, 0.2) is 54.1 Å². The van der Waals surface area contributed by atoms with Gasteiger partial charge < -0.3 is 9.64 Å². The van der Waals surface area contributed by atoms with E-state index >= 15 is 0 Å². The molecule has 26 heavy (non-hydrogen) atoms. The second-order valence-corrected chi connectivity index (χ2v) is 7.13. The predicted octanol–water partition coefficient (Wildman–Crippen LogP) is 3.46. The molecule has 2 aromatic carbocycles. The molecule has 0 aromatic heterocycles. The van der Waals surface area contributed by atoms with Gasteiger partial charge in [0.25, 0.3) is 5.91 Å². The quantitative estimate of drug-likeness (QED) is 0.831. The number of piperazine rings is 1. The van der Waals surface area contributed by atoms with Crippen LogP contribution in [0.1, 0.15) is 11.1 Å². The number of amides is 1. The number of rotatable bonds is 3. The fourth-order valence-electron chi connectivity index (χ4n) is 3.45. The molecule has 2 heterocycles. The van der Waals surface area contributed by atoms with Crippen molar-refractivity contribution in [3.63, 3.8) is 0 Å². The Bertz CT molecular complexity index is 841. The molecule has 0 radical (unpaired) electrons. The first-order valence-corrected chi connectivity index (χ1v) is 9.25. The average Bonchev–Trinajstić information content (AvgIpc) is 2.68. The number of para-hydroxylation sites is 1. The first-order chi connectivity index (χ1) is 12.7. The van der Waals surface area contributed by atoms with Crippen LogP contribution in [0.5, 0.6) is 5.75 Å². The number of carbonyl (C=O) groups excluding carboxylic acids is 1. The van der Waals surface area contributed by atoms with Crippen molar-refractivity contribution in [2.75, 3.05) is 32.8 Å². The molecule has 134 valence electrons. The molecule has 2 aromatic rings. The third kappa shape index (κ3) is 3.76. The van der Waals surface area contributed by atoms with E-state index in [4.69, 9.17) is 16.3 Å². The van der Waals surface area contributed by atoms with Crippen LogP contribution in [-0.4, -0.2) is 48.5 Å². The minimum atomic E-state index is 0.0851. The molecule has 2 aliphatic rings. The molecule has 0 unspecified atom stereocenters. The lowest BCUT2D eigenvalue weighted by atomic mass is 10.1. The summed E-state index contributed by atoms with van der Waals surface area (Å²) in [5, 5.41) is 0.765. The van der Waals surface area contributed by atoms with E-state index in [0.29, 0.717) is 6.61 Å². The molecule has 4 rings (SSSR count). The van der Waals surface area contributed by atoms with Crippen molar-refractivity contribution >= 4 is 23.6 Å². The summed E-state index contributed by atoms with van der Waals surface area (Å²) in [6, 6.07) is 15.8. The molecule has 0 N–H and O–H groups in total. The zero-order chi connectivity index (χ0) is 17.9. The smallest absolute Gasteiger partial charge is 0.253 e. The zero-order valence-electron chi connectivity index (χ0n) is 14.5. The molecule has 0 bridgehead atoms. The van der Waals surface area contributed by atoms with E-state index in [-0.39, 0.29) is 5.91 Å². The summed E-state index contributed by atoms with van der Waals surface area (Å²) in [5.41, 5.74) is 2.91. The van der Waals surface area contributed by atoms with Crippen molar-refractivity contribution in [3.8, 4) is 5.75 Å². The van der Waals surface area contributed by atoms with Crippen LogP contribution in [-0.2, 0) is 11.3 Å². The standard InChI is InChI=1S/C21H21ClN2O2/c22-19-6-3-4-16(12-19)14-23-8-10-24(11-9-23)21(25)18-13-17-5-1-2-7-20(17)26-15-18/h1-7,12-13H,8-11,14-15H2. The zero-order valence-corrected chi connectivity index (χ0v) is 15.3. The van der Waals surface area contributed by atoms with Crippen molar-refractivity contribution < 1.29 is 9.53 Å². The molecule has 0 aliphatic carbocycles. The monoisotopic (exact) mass is 368 g/mol. The summed E-state index contributed by atoms with van der Waals surface area (Å²) in [6.45, 7) is 4.41. The van der Waals surface area contributed by atoms with E-state index < -0.39 is 0 Å². The van der Waals surface area contributed by atoms with Crippen LogP contribution in [0.4, 0.5) is 0 Å². The first-order valence-electron chi connectivity index (χ1n) is 8.87. The Morgan fingerprint density at radius 1 is 1.04 bits per heavy atom. The summed E-state index contributed by atoms with van der Waals surface area (Å²) in [5.74, 6) is 0.928. The summed E-state index contributed by atoms with van der Waals surface area (Å²) < 4.78 is 5.72. The molecule has 0 atom stereocenters. The predicted molar refractivity (Wildman–Crippen MR) is 103 cm³/mol. The normalized spacial score (nSPS) is 17.3. The number of hydrogen-bond acceptors (Lipinski definition) is 3. The fourth-order valence-corrected chi connectivity index (χ4v) is 3.66. The van der Waals surface area contributed by atoms with Gasteiger partial charge >= 0.3 is 0 Å². The van der Waals surface area contributed by atoms with Crippen molar-refractivity contribution in [3.05, 3.63) is 70.3 Å². The van der Waals surface area contributed by atoms with Crippen molar-refractivity contribution in [1.82, 2.24) is 9.80 Å². The van der Waals surface area contributed by atoms with Gasteiger partial charge in [0, 0.05) is 43.3 Å². The third-order valence-corrected chi connectivity index (χ3v) is 5.10. The Morgan fingerprint density at radius 2 is 1.85 bits per heavy atom. The number of carbonyl (C=O) groups is 1. The summed E-state index contributed by atoms with van der Waals surface area (Å²) in [4.78, 5) is 17.1. The molecule has 4 nitrogen and oxygen atoms in total. The van der Waals surface area contributed by atoms with E-state index in [0.717, 1.165) is 54.6 Å². The van der Waals surface area contributed by atoms with E-state index in [1.165, 1.54) is 5.56 Å². The highest BCUT2D eigenvalue weighted by atomic mass is 35.5. The number of fused-ring (bicyclic) bond motifs is 1. The molecule has 0 saturated carbocycles. The second kappa shape index (κ2) is 7.52. The van der Waals surface area contributed by atoms with Gasteiger partial charge in [-0.2, -0.15) is 0 Å². The van der Waals surface area contributed by atoms with Gasteiger partial charge in [0.15, 0.2) is 0 Å². The maximum absolute atomic E-state index is 12.8. The van der Waals surface area contributed by atoms with Gasteiger partial charge in [-0.3, -0.25) is 9.69 Å². The van der Waals surface area contributed by atoms with Crippen molar-refractivity contribution in [1.29, 1.82) is 0 Å². The van der Waals surface area contributed by atoms with Gasteiger partial charge in [-0.15, -0.1) is 0 Å². The number of halogens is 1. The maximum atomic E-state index is 12.8. The van der Waals surface area contributed by atoms with E-state index in [2.05, 4.69) is 11.0 Å². The number of benzene rings is 2. The van der Waals surface area contributed by atoms with Crippen LogP contribution in [0.3, 0.4) is 0 Å². The minimum absolute atomic E-state index is 0.0851. The van der Waals surface area contributed by atoms with Crippen LogP contribution in [0.25, 0.3) is 6.08 Å². The van der Waals surface area contributed by atoms with Gasteiger partial charge in [-0.25, -0.2) is 0 Å². The maximum Gasteiger partial charge on any atom is 0.253 e. The topological polar surface area (TPSA) is 32.8 Å². The van der Waals surface area contributed by atoms with Crippen LogP contribution in [0, 0.1) is 0 Å². The SMILES string of the molecule is O=C(C1=Cc2ccccc2OC1)N1CCN(Cc2cccc(Cl)c2)CC1. The minimum Gasteiger partial charge on any atom is -0.488 e. The lowest BCUT2D eigenvalue weighted by Crippen LogP contribution is -2.49. The highest BCUT2D eigenvalue weighted by Crippen LogP contribution is 2.26. The number of hydrogen-bond donors (Lipinski definition) is 0. The highest BCUT2D eigenvalue weighted by Gasteiger charge is 2.25. The molecule has 1 fully saturated rings. The van der Waals surface area contributed by atoms with Gasteiger partial charge in [0.1, 0.15) is 12.4 Å². The molecule has 1 saturated heterocycles. The number of ether oxygens (including phenoxy) is 1. The van der Waals surface area contributed by atoms with Gasteiger partial charge in [0.05, 0.1) is 5.57 Å². The lowest BCUT2D eigenvalue weighted by Gasteiger charge is -2.35. The highest BCUT2D eigenvalue weighted by molar-refractivity contribution is 6.30. The van der Waals surface area contributed by atoms with Crippen molar-refractivity contribution in [2.45, 2.75) is 6.54 Å². The van der Waals surface area contributed by atoms with Gasteiger partial charge in [-0.1, -0.05) is 41.9 Å². The van der Waals surface area contributed by atoms with Gasteiger partial charge in [0.2, 0.25) is 0 Å². The van der Waals surface area contributed by atoms with Gasteiger partial charge in [-0.05, 0) is 29.8 Å². The van der Waals surface area contributed by atoms with E-state index in [1.54, 1.807) is 0 Å². The fraction of sp³-hybridized carbons (Fsp3) is 0.286. The average molecular weight is 369 g/mol. The molecule has 5 heteroatoms. The Labute approximate surface area is 158 Å². The Morgan fingerprint density at radius 3 is 2.65 bits per heavy atom. The van der Waals surface area contributed by atoms with Crippen LogP contribution >= 0.6 is 11.6 Å². The Hall–Kier alpha value is -2.30. The summed E-state index contributed by atoms with van der Waals surface area (Å²) in [6.07, 6.45) is 1.96. The third-order valence-electron chi connectivity index (χ3n) is 4.86. The molecule has 0 spiro atoms. The number of nitrogens with zero attached hydrogens (tertiary/aromatic N) is 2. The second-order valence-electron chi connectivity index (χ2n) is 6.69. The molecule has 1 amide bonds. The van der Waals surface area contributed by atoms with E-state index in [1.807, 2.05) is 53.4 Å². The summed E-state index contributed by atoms with van der Waals surface area (Å²) >= 11 is 6.06. The van der Waals surface area contributed by atoms with Crippen LogP contribution in [0.2, 0.25) is 5.02 Å². The Balaban J connectivity index is 1.36. The molecule has 2 aliphatic heterocycles. The first kappa shape index (κ1) is 17.1. The lowest BCUT2D eigenvalue weighted by molar-refractivity contribution is -0.129. The molecular weight excluding hydrogens is 348 g/mol. The van der Waals surface area contributed by atoms with Crippen LogP contribution < -0.4 is 4.74 Å². The van der Waals surface area contributed by atoms with Crippen molar-refractivity contribution in [2.24, 2.45) is 0 Å². The molecular formula is C21H21ClN2O2. The largest absolute Gasteiger partial charge is 0.488 e. The summed E-state index contributed by atoms with van der Waals surface area (Å²) in [7, 11) is 0. The Kier molecular flexibility index (Phi) is 4.96. The van der Waals surface area contributed by atoms with E-state index in [9.17, 15) is 4.79 Å².